The second-order valence-electron chi connectivity index (χ2n) is 3.66. The molecular formula is C11H14N2O5S. The molecule has 0 aliphatic heterocycles. The van der Waals surface area contributed by atoms with Gasteiger partial charge in [0, 0.05) is 12.6 Å². The van der Waals surface area contributed by atoms with Crippen LogP contribution in [0.1, 0.15) is 13.3 Å². The Bertz CT molecular complexity index is 595. The van der Waals surface area contributed by atoms with Crippen LogP contribution in [-0.4, -0.2) is 25.0 Å². The van der Waals surface area contributed by atoms with Crippen molar-refractivity contribution in [1.29, 1.82) is 0 Å². The van der Waals surface area contributed by atoms with Crippen LogP contribution in [0.15, 0.2) is 35.2 Å². The van der Waals surface area contributed by atoms with Crippen LogP contribution < -0.4 is 4.72 Å². The molecule has 0 saturated heterocycles. The second kappa shape index (κ2) is 6.30. The van der Waals surface area contributed by atoms with Crippen molar-refractivity contribution in [2.45, 2.75) is 18.2 Å². The van der Waals surface area contributed by atoms with Gasteiger partial charge in [0.1, 0.15) is 0 Å². The van der Waals surface area contributed by atoms with Crippen LogP contribution in [0.3, 0.4) is 0 Å². The van der Waals surface area contributed by atoms with E-state index >= 15 is 0 Å². The van der Waals surface area contributed by atoms with E-state index in [4.69, 9.17) is 0 Å². The lowest BCUT2D eigenvalue weighted by Crippen LogP contribution is -2.24. The highest BCUT2D eigenvalue weighted by Crippen LogP contribution is 2.27. The number of sulfonamides is 1. The van der Waals surface area contributed by atoms with Crippen molar-refractivity contribution in [3.63, 3.8) is 0 Å². The summed E-state index contributed by atoms with van der Waals surface area (Å²) in [7, 11) is -3.81. The highest BCUT2D eigenvalue weighted by molar-refractivity contribution is 7.89. The van der Waals surface area contributed by atoms with Gasteiger partial charge in [-0.15, -0.1) is 0 Å². The predicted octanol–water partition coefficient (Wildman–Crippen LogP) is 1.54. The van der Waals surface area contributed by atoms with Gasteiger partial charge in [0.25, 0.3) is 0 Å². The largest absolute Gasteiger partial charge is 0.502 e. The number of hydrogen-bond acceptors (Lipinski definition) is 5. The molecule has 0 aliphatic rings. The minimum absolute atomic E-state index is 0.196. The summed E-state index contributed by atoms with van der Waals surface area (Å²) in [5.41, 5.74) is -0.642. The number of rotatable bonds is 6. The van der Waals surface area contributed by atoms with E-state index in [9.17, 15) is 23.6 Å². The van der Waals surface area contributed by atoms with Crippen LogP contribution in [0.4, 0.5) is 5.69 Å². The third-order valence-electron chi connectivity index (χ3n) is 2.29. The van der Waals surface area contributed by atoms with E-state index in [1.54, 1.807) is 12.2 Å². The third-order valence-corrected chi connectivity index (χ3v) is 3.75. The van der Waals surface area contributed by atoms with Gasteiger partial charge < -0.3 is 5.11 Å². The zero-order valence-electron chi connectivity index (χ0n) is 10.2. The molecule has 0 radical (unpaired) electrons. The zero-order chi connectivity index (χ0) is 14.5. The van der Waals surface area contributed by atoms with Gasteiger partial charge in [-0.25, -0.2) is 13.1 Å². The Labute approximate surface area is 110 Å². The maximum Gasteiger partial charge on any atom is 0.312 e. The fourth-order valence-corrected chi connectivity index (χ4v) is 2.41. The minimum atomic E-state index is -3.81. The van der Waals surface area contributed by atoms with Crippen molar-refractivity contribution < 1.29 is 18.4 Å². The predicted molar refractivity (Wildman–Crippen MR) is 69.4 cm³/mol. The van der Waals surface area contributed by atoms with Crippen LogP contribution in [0.5, 0.6) is 5.75 Å². The summed E-state index contributed by atoms with van der Waals surface area (Å²) in [4.78, 5) is 9.53. The molecular weight excluding hydrogens is 272 g/mol. The van der Waals surface area contributed by atoms with Crippen molar-refractivity contribution in [2.24, 2.45) is 0 Å². The first kappa shape index (κ1) is 15.1. The summed E-state index contributed by atoms with van der Waals surface area (Å²) in [6.07, 6.45) is 4.11. The Morgan fingerprint density at radius 1 is 1.47 bits per heavy atom. The Balaban J connectivity index is 2.95. The third kappa shape index (κ3) is 4.04. The van der Waals surface area contributed by atoms with E-state index < -0.39 is 26.4 Å². The Morgan fingerprint density at radius 3 is 2.74 bits per heavy atom. The van der Waals surface area contributed by atoms with E-state index in [1.165, 1.54) is 0 Å². The smallest absolute Gasteiger partial charge is 0.312 e. The number of nitrogens with zero attached hydrogens (tertiary/aromatic N) is 1. The number of phenolic OH excluding ortho intramolecular Hbond substituents is 1. The molecule has 2 N–H and O–H groups in total. The molecule has 0 heterocycles. The summed E-state index contributed by atoms with van der Waals surface area (Å²) >= 11 is 0. The molecule has 1 aromatic rings. The van der Waals surface area contributed by atoms with Gasteiger partial charge in [0.05, 0.1) is 9.82 Å². The number of hydrogen-bond donors (Lipinski definition) is 2. The van der Waals surface area contributed by atoms with Crippen LogP contribution in [0, 0.1) is 10.1 Å². The number of aromatic hydroxyl groups is 1. The van der Waals surface area contributed by atoms with E-state index in [-0.39, 0.29) is 11.4 Å². The number of allylic oxidation sites excluding steroid dienone is 1. The van der Waals surface area contributed by atoms with Crippen LogP contribution >= 0.6 is 0 Å². The average molecular weight is 286 g/mol. The molecule has 1 aromatic carbocycles. The molecule has 0 aliphatic carbocycles. The van der Waals surface area contributed by atoms with Gasteiger partial charge in [0.2, 0.25) is 10.0 Å². The molecule has 104 valence electrons. The maximum absolute atomic E-state index is 11.8. The molecule has 7 nitrogen and oxygen atoms in total. The van der Waals surface area contributed by atoms with Gasteiger partial charge >= 0.3 is 5.69 Å². The number of phenols is 1. The Hall–Kier alpha value is -1.93. The topological polar surface area (TPSA) is 110 Å². The Kier molecular flexibility index (Phi) is 5.02. The molecule has 0 fully saturated rings. The standard InChI is InChI=1S/C11H14N2O5S/c1-2-3-4-7-12-19(17,18)9-5-6-11(14)10(8-9)13(15)16/h2-3,5-6,8,12,14H,4,7H2,1H3/b3-2+. The lowest BCUT2D eigenvalue weighted by Gasteiger charge is -2.05. The molecule has 0 atom stereocenters. The van der Waals surface area contributed by atoms with E-state index in [2.05, 4.69) is 4.72 Å². The van der Waals surface area contributed by atoms with Crippen LogP contribution in [0.2, 0.25) is 0 Å². The van der Waals surface area contributed by atoms with Crippen molar-refractivity contribution >= 4 is 15.7 Å². The molecule has 0 unspecified atom stereocenters. The first-order valence-electron chi connectivity index (χ1n) is 5.46. The number of nitrogens with one attached hydrogen (secondary N) is 1. The SMILES string of the molecule is C/C=C/CCNS(=O)(=O)c1ccc(O)c([N+](=O)[O-])c1. The molecule has 0 amide bonds. The molecule has 8 heteroatoms. The van der Waals surface area contributed by atoms with E-state index in [0.717, 1.165) is 18.2 Å². The van der Waals surface area contributed by atoms with Gasteiger partial charge in [-0.05, 0) is 25.5 Å². The number of benzene rings is 1. The Morgan fingerprint density at radius 2 is 2.16 bits per heavy atom. The first-order chi connectivity index (χ1) is 8.88. The quantitative estimate of drug-likeness (QED) is 0.357. The highest BCUT2D eigenvalue weighted by atomic mass is 32.2. The van der Waals surface area contributed by atoms with Crippen molar-refractivity contribution in [3.8, 4) is 5.75 Å². The van der Waals surface area contributed by atoms with Gasteiger partial charge in [-0.1, -0.05) is 12.2 Å². The molecule has 1 rings (SSSR count). The van der Waals surface area contributed by atoms with Crippen molar-refractivity contribution in [2.75, 3.05) is 6.54 Å². The average Bonchev–Trinajstić information content (AvgIpc) is 2.34. The van der Waals surface area contributed by atoms with Crippen molar-refractivity contribution in [1.82, 2.24) is 4.72 Å². The van der Waals surface area contributed by atoms with Gasteiger partial charge in [0.15, 0.2) is 5.75 Å². The monoisotopic (exact) mass is 286 g/mol. The van der Waals surface area contributed by atoms with Crippen LogP contribution in [-0.2, 0) is 10.0 Å². The second-order valence-corrected chi connectivity index (χ2v) is 5.43. The molecule has 0 spiro atoms. The fourth-order valence-electron chi connectivity index (χ4n) is 1.34. The molecule has 0 aromatic heterocycles. The summed E-state index contributed by atoms with van der Waals surface area (Å²) < 4.78 is 26.0. The number of nitro groups is 1. The zero-order valence-corrected chi connectivity index (χ0v) is 11.1. The van der Waals surface area contributed by atoms with Gasteiger partial charge in [-0.2, -0.15) is 0 Å². The first-order valence-corrected chi connectivity index (χ1v) is 6.95. The van der Waals surface area contributed by atoms with Crippen molar-refractivity contribution in [3.05, 3.63) is 40.5 Å². The summed E-state index contributed by atoms with van der Waals surface area (Å²) in [6, 6.07) is 2.92. The summed E-state index contributed by atoms with van der Waals surface area (Å²) in [5, 5.41) is 19.9. The maximum atomic E-state index is 11.8. The van der Waals surface area contributed by atoms with E-state index in [1.807, 2.05) is 6.92 Å². The molecule has 0 saturated carbocycles. The van der Waals surface area contributed by atoms with E-state index in [0.29, 0.717) is 6.42 Å². The van der Waals surface area contributed by atoms with Crippen LogP contribution in [0.25, 0.3) is 0 Å². The fraction of sp³-hybridized carbons (Fsp3) is 0.273. The minimum Gasteiger partial charge on any atom is -0.502 e. The highest BCUT2D eigenvalue weighted by Gasteiger charge is 2.20. The molecule has 0 bridgehead atoms. The van der Waals surface area contributed by atoms with Gasteiger partial charge in [-0.3, -0.25) is 10.1 Å². The number of nitro benzene ring substituents is 1. The lowest BCUT2D eigenvalue weighted by molar-refractivity contribution is -0.386. The molecule has 19 heavy (non-hydrogen) atoms. The normalized spacial score (nSPS) is 11.8. The summed E-state index contributed by atoms with van der Waals surface area (Å²) in [6.45, 7) is 2.01. The lowest BCUT2D eigenvalue weighted by atomic mass is 10.3. The summed E-state index contributed by atoms with van der Waals surface area (Å²) in [5.74, 6) is -0.571.